The van der Waals surface area contributed by atoms with Crippen molar-refractivity contribution in [3.05, 3.63) is 40.1 Å². The van der Waals surface area contributed by atoms with Gasteiger partial charge >= 0.3 is 0 Å². The molecule has 0 aliphatic carbocycles. The van der Waals surface area contributed by atoms with Crippen LogP contribution >= 0.6 is 11.3 Å². The molecule has 2 rings (SSSR count). The first-order chi connectivity index (χ1) is 9.76. The number of aromatic nitrogens is 2. The zero-order valence-corrected chi connectivity index (χ0v) is 12.0. The van der Waals surface area contributed by atoms with Crippen molar-refractivity contribution in [3.63, 3.8) is 0 Å². The molecule has 2 heterocycles. The first-order valence-electron chi connectivity index (χ1n) is 6.32. The van der Waals surface area contributed by atoms with Gasteiger partial charge in [0.25, 0.3) is 5.91 Å². The number of nitrogens with zero attached hydrogens (tertiary/aromatic N) is 1. The van der Waals surface area contributed by atoms with E-state index < -0.39 is 0 Å². The summed E-state index contributed by atoms with van der Waals surface area (Å²) in [6.07, 6.45) is 4.18. The Labute approximate surface area is 121 Å². The van der Waals surface area contributed by atoms with Gasteiger partial charge in [-0.3, -0.25) is 4.79 Å². The lowest BCUT2D eigenvalue weighted by atomic mass is 10.2. The van der Waals surface area contributed by atoms with Crippen molar-refractivity contribution < 1.29 is 4.79 Å². The van der Waals surface area contributed by atoms with Crippen LogP contribution in [0.15, 0.2) is 23.8 Å². The second-order valence-electron chi connectivity index (χ2n) is 4.08. The highest BCUT2D eigenvalue weighted by Crippen LogP contribution is 2.18. The molecule has 0 aliphatic rings. The Morgan fingerprint density at radius 3 is 3.15 bits per heavy atom. The third-order valence-electron chi connectivity index (χ3n) is 2.76. The number of hydrogen-bond acceptors (Lipinski definition) is 4. The van der Waals surface area contributed by atoms with Crippen LogP contribution in [0.3, 0.4) is 0 Å². The lowest BCUT2D eigenvalue weighted by Crippen LogP contribution is -2.28. The van der Waals surface area contributed by atoms with Crippen molar-refractivity contribution >= 4 is 17.2 Å². The summed E-state index contributed by atoms with van der Waals surface area (Å²) in [6.45, 7) is 2.28. The number of thiophene rings is 1. The molecule has 1 unspecified atom stereocenters. The predicted molar refractivity (Wildman–Crippen MR) is 79.3 cm³/mol. The van der Waals surface area contributed by atoms with E-state index in [1.165, 1.54) is 11.3 Å². The number of imidazole rings is 1. The van der Waals surface area contributed by atoms with Crippen LogP contribution in [0.4, 0.5) is 0 Å². The fraction of sp³-hybridized carbons (Fsp3) is 0.286. The smallest absolute Gasteiger partial charge is 0.263 e. The monoisotopic (exact) mass is 288 g/mol. The normalized spacial score (nSPS) is 11.5. The minimum Gasteiger partial charge on any atom is -0.347 e. The van der Waals surface area contributed by atoms with E-state index in [9.17, 15) is 4.79 Å². The second-order valence-corrected chi connectivity index (χ2v) is 4.99. The molecular formula is C14H16N4OS. The fourth-order valence-corrected chi connectivity index (χ4v) is 2.54. The topological polar surface area (TPSA) is 83.8 Å². The zero-order valence-electron chi connectivity index (χ0n) is 11.1. The summed E-state index contributed by atoms with van der Waals surface area (Å²) < 4.78 is 0. The molecule has 0 spiro atoms. The van der Waals surface area contributed by atoms with Crippen molar-refractivity contribution in [2.45, 2.75) is 19.4 Å². The third-order valence-corrected chi connectivity index (χ3v) is 3.67. The first kappa shape index (κ1) is 14.3. The molecule has 104 valence electrons. The van der Waals surface area contributed by atoms with Crippen molar-refractivity contribution in [2.24, 2.45) is 5.73 Å². The van der Waals surface area contributed by atoms with Crippen LogP contribution in [0, 0.1) is 11.8 Å². The molecule has 4 N–H and O–H groups in total. The highest BCUT2D eigenvalue weighted by atomic mass is 32.1. The van der Waals surface area contributed by atoms with Gasteiger partial charge in [0.1, 0.15) is 10.7 Å². The summed E-state index contributed by atoms with van der Waals surface area (Å²) in [4.78, 5) is 20.1. The van der Waals surface area contributed by atoms with Gasteiger partial charge in [0, 0.05) is 18.0 Å². The maximum absolute atomic E-state index is 12.3. The number of carbonyl (C=O) groups is 1. The van der Waals surface area contributed by atoms with Crippen LogP contribution in [-0.2, 0) is 0 Å². The van der Waals surface area contributed by atoms with Gasteiger partial charge in [-0.15, -0.1) is 11.3 Å². The maximum Gasteiger partial charge on any atom is 0.263 e. The van der Waals surface area contributed by atoms with Gasteiger partial charge in [-0.1, -0.05) is 18.8 Å². The Morgan fingerprint density at radius 2 is 2.50 bits per heavy atom. The van der Waals surface area contributed by atoms with Crippen LogP contribution < -0.4 is 11.1 Å². The van der Waals surface area contributed by atoms with Crippen LogP contribution in [-0.4, -0.2) is 22.4 Å². The predicted octanol–water partition coefficient (Wildman–Crippen LogP) is 1.66. The van der Waals surface area contributed by atoms with Gasteiger partial charge in [0.2, 0.25) is 0 Å². The number of nitrogens with two attached hydrogens (primary N) is 1. The van der Waals surface area contributed by atoms with E-state index in [1.807, 2.05) is 18.4 Å². The number of aromatic amines is 1. The molecule has 1 atom stereocenters. The van der Waals surface area contributed by atoms with E-state index in [0.717, 1.165) is 12.2 Å². The molecule has 6 heteroatoms. The van der Waals surface area contributed by atoms with Gasteiger partial charge in [-0.25, -0.2) is 4.98 Å². The van der Waals surface area contributed by atoms with E-state index in [1.54, 1.807) is 12.4 Å². The zero-order chi connectivity index (χ0) is 14.4. The summed E-state index contributed by atoms with van der Waals surface area (Å²) in [7, 11) is 0. The number of nitrogens with one attached hydrogen (secondary N) is 2. The molecule has 20 heavy (non-hydrogen) atoms. The van der Waals surface area contributed by atoms with E-state index in [2.05, 4.69) is 27.1 Å². The Hall–Kier alpha value is -2.10. The quantitative estimate of drug-likeness (QED) is 0.748. The average molecular weight is 288 g/mol. The number of H-pyrrole nitrogens is 1. The summed E-state index contributed by atoms with van der Waals surface area (Å²) in [5, 5.41) is 4.82. The van der Waals surface area contributed by atoms with E-state index in [-0.39, 0.29) is 18.5 Å². The van der Waals surface area contributed by atoms with Crippen LogP contribution in [0.5, 0.6) is 0 Å². The molecule has 2 aromatic rings. The molecule has 0 fully saturated rings. The van der Waals surface area contributed by atoms with Crippen molar-refractivity contribution in [2.75, 3.05) is 6.54 Å². The van der Waals surface area contributed by atoms with E-state index >= 15 is 0 Å². The van der Waals surface area contributed by atoms with E-state index in [0.29, 0.717) is 10.4 Å². The lowest BCUT2D eigenvalue weighted by molar-refractivity contribution is 0.0938. The SMILES string of the molecule is CCC(NC(=O)c1sccc1C#CCN)c1ncc[nH]1. The van der Waals surface area contributed by atoms with Crippen LogP contribution in [0.1, 0.15) is 40.4 Å². The molecule has 0 aliphatic heterocycles. The van der Waals surface area contributed by atoms with Crippen molar-refractivity contribution in [1.29, 1.82) is 0 Å². The molecule has 0 saturated heterocycles. The highest BCUT2D eigenvalue weighted by molar-refractivity contribution is 7.12. The summed E-state index contributed by atoms with van der Waals surface area (Å²) in [6, 6.07) is 1.70. The van der Waals surface area contributed by atoms with Gasteiger partial charge in [-0.2, -0.15) is 0 Å². The fourth-order valence-electron chi connectivity index (χ4n) is 1.79. The highest BCUT2D eigenvalue weighted by Gasteiger charge is 2.18. The number of carbonyl (C=O) groups excluding carboxylic acids is 1. The summed E-state index contributed by atoms with van der Waals surface area (Å²) in [5.41, 5.74) is 6.07. The molecule has 1 amide bonds. The van der Waals surface area contributed by atoms with Crippen LogP contribution in [0.25, 0.3) is 0 Å². The minimum atomic E-state index is -0.135. The average Bonchev–Trinajstić information content (AvgIpc) is 3.13. The minimum absolute atomic E-state index is 0.130. The van der Waals surface area contributed by atoms with Crippen molar-refractivity contribution in [1.82, 2.24) is 15.3 Å². The van der Waals surface area contributed by atoms with Gasteiger partial charge in [-0.05, 0) is 17.9 Å². The Morgan fingerprint density at radius 1 is 1.65 bits per heavy atom. The standard InChI is InChI=1S/C14H16N4OS/c1-2-11(13-16-7-8-17-13)18-14(19)12-10(4-3-6-15)5-9-20-12/h5,7-9,11H,2,6,15H2,1H3,(H,16,17)(H,18,19). The molecular weight excluding hydrogens is 272 g/mol. The Kier molecular flexibility index (Phi) is 4.93. The molecule has 5 nitrogen and oxygen atoms in total. The summed E-state index contributed by atoms with van der Waals surface area (Å²) >= 11 is 1.37. The number of rotatable bonds is 4. The third kappa shape index (κ3) is 3.26. The van der Waals surface area contributed by atoms with Gasteiger partial charge in [0.15, 0.2) is 0 Å². The Bertz CT molecular complexity index is 621. The van der Waals surface area contributed by atoms with Gasteiger partial charge < -0.3 is 16.0 Å². The Balaban J connectivity index is 2.14. The number of amides is 1. The van der Waals surface area contributed by atoms with Gasteiger partial charge in [0.05, 0.1) is 12.6 Å². The molecule has 0 saturated carbocycles. The maximum atomic E-state index is 12.3. The number of hydrogen-bond donors (Lipinski definition) is 3. The first-order valence-corrected chi connectivity index (χ1v) is 7.20. The van der Waals surface area contributed by atoms with Crippen LogP contribution in [0.2, 0.25) is 0 Å². The molecule has 2 aromatic heterocycles. The van der Waals surface area contributed by atoms with E-state index in [4.69, 9.17) is 5.73 Å². The lowest BCUT2D eigenvalue weighted by Gasteiger charge is -2.14. The molecule has 0 radical (unpaired) electrons. The second kappa shape index (κ2) is 6.89. The largest absolute Gasteiger partial charge is 0.347 e. The summed E-state index contributed by atoms with van der Waals surface area (Å²) in [5.74, 6) is 6.30. The molecule has 0 aromatic carbocycles. The van der Waals surface area contributed by atoms with Crippen molar-refractivity contribution in [3.8, 4) is 11.8 Å². The molecule has 0 bridgehead atoms.